The maximum Gasteiger partial charge on any atom is 0.160 e. The first kappa shape index (κ1) is 10.8. The molecule has 0 N–H and O–H groups in total. The molecule has 14 heavy (non-hydrogen) atoms. The van der Waals surface area contributed by atoms with E-state index in [1.807, 2.05) is 18.2 Å². The van der Waals surface area contributed by atoms with Crippen molar-refractivity contribution in [2.75, 3.05) is 7.11 Å². The number of ether oxygens (including phenoxy) is 1. The van der Waals surface area contributed by atoms with E-state index in [9.17, 15) is 4.79 Å². The minimum absolute atomic E-state index is 0.121. The third kappa shape index (κ3) is 2.34. The molecule has 1 aromatic carbocycles. The van der Waals surface area contributed by atoms with Gasteiger partial charge in [-0.15, -0.1) is 0 Å². The van der Waals surface area contributed by atoms with E-state index in [2.05, 4.69) is 6.92 Å². The van der Waals surface area contributed by atoms with Crippen molar-refractivity contribution in [1.82, 2.24) is 0 Å². The van der Waals surface area contributed by atoms with Gasteiger partial charge in [0.15, 0.2) is 5.78 Å². The molecule has 0 saturated carbocycles. The summed E-state index contributed by atoms with van der Waals surface area (Å²) >= 11 is 0. The highest BCUT2D eigenvalue weighted by molar-refractivity contribution is 5.95. The highest BCUT2D eigenvalue weighted by atomic mass is 16.5. The number of hydrogen-bond acceptors (Lipinski definition) is 2. The van der Waals surface area contributed by atoms with Crippen LogP contribution in [0, 0.1) is 0 Å². The Morgan fingerprint density at radius 1 is 1.43 bits per heavy atom. The van der Waals surface area contributed by atoms with E-state index in [1.165, 1.54) is 0 Å². The quantitative estimate of drug-likeness (QED) is 0.686. The summed E-state index contributed by atoms with van der Waals surface area (Å²) in [7, 11) is 1.64. The van der Waals surface area contributed by atoms with Gasteiger partial charge in [-0.3, -0.25) is 4.79 Å². The normalized spacial score (nSPS) is 9.93. The molecule has 1 aromatic rings. The van der Waals surface area contributed by atoms with Gasteiger partial charge >= 0.3 is 0 Å². The predicted octanol–water partition coefficient (Wildman–Crippen LogP) is 2.85. The molecule has 2 heteroatoms. The number of carbonyl (C=O) groups excluding carboxylic acids is 1. The number of Topliss-reactive ketones (excluding diaryl/α,β-unsaturated/α-hetero) is 1. The summed E-state index contributed by atoms with van der Waals surface area (Å²) in [5, 5.41) is 0. The molecule has 2 nitrogen and oxygen atoms in total. The van der Waals surface area contributed by atoms with Crippen LogP contribution in [-0.4, -0.2) is 12.9 Å². The molecule has 0 unspecified atom stereocenters. The monoisotopic (exact) mass is 192 g/mol. The highest BCUT2D eigenvalue weighted by Gasteiger charge is 2.07. The van der Waals surface area contributed by atoms with Gasteiger partial charge in [-0.25, -0.2) is 0 Å². The molecular weight excluding hydrogens is 176 g/mol. The number of carbonyl (C=O) groups is 1. The second-order valence-corrected chi connectivity index (χ2v) is 3.33. The molecule has 0 saturated heterocycles. The molecule has 0 aromatic heterocycles. The van der Waals surface area contributed by atoms with Crippen LogP contribution in [0.3, 0.4) is 0 Å². The fourth-order valence-corrected chi connectivity index (χ4v) is 1.52. The van der Waals surface area contributed by atoms with Gasteiger partial charge in [0, 0.05) is 5.56 Å². The van der Waals surface area contributed by atoms with Gasteiger partial charge < -0.3 is 4.74 Å². The Bertz CT molecular complexity index is 329. The Morgan fingerprint density at radius 2 is 2.14 bits per heavy atom. The van der Waals surface area contributed by atoms with Crippen LogP contribution in [0.25, 0.3) is 0 Å². The Hall–Kier alpha value is -1.31. The third-order valence-electron chi connectivity index (χ3n) is 2.21. The van der Waals surface area contributed by atoms with Crippen molar-refractivity contribution in [1.29, 1.82) is 0 Å². The fraction of sp³-hybridized carbons (Fsp3) is 0.417. The van der Waals surface area contributed by atoms with Crippen LogP contribution >= 0.6 is 0 Å². The minimum Gasteiger partial charge on any atom is -0.497 e. The first-order valence-corrected chi connectivity index (χ1v) is 4.87. The Labute approximate surface area is 84.9 Å². The van der Waals surface area contributed by atoms with Gasteiger partial charge in [0.25, 0.3) is 0 Å². The SMILES string of the molecule is CCCc1cc(OC)ccc1C(C)=O. The molecule has 0 aliphatic carbocycles. The van der Waals surface area contributed by atoms with Crippen LogP contribution < -0.4 is 4.74 Å². The van der Waals surface area contributed by atoms with Crippen LogP contribution in [-0.2, 0) is 6.42 Å². The van der Waals surface area contributed by atoms with E-state index in [4.69, 9.17) is 4.74 Å². The summed E-state index contributed by atoms with van der Waals surface area (Å²) in [4.78, 5) is 11.3. The number of hydrogen-bond donors (Lipinski definition) is 0. The van der Waals surface area contributed by atoms with Crippen molar-refractivity contribution in [2.45, 2.75) is 26.7 Å². The minimum atomic E-state index is 0.121. The second kappa shape index (κ2) is 4.80. The summed E-state index contributed by atoms with van der Waals surface area (Å²) in [6, 6.07) is 5.61. The van der Waals surface area contributed by atoms with Gasteiger partial charge in [-0.05, 0) is 37.1 Å². The zero-order chi connectivity index (χ0) is 10.6. The Kier molecular flexibility index (Phi) is 3.69. The van der Waals surface area contributed by atoms with E-state index < -0.39 is 0 Å². The summed E-state index contributed by atoms with van der Waals surface area (Å²) in [6.45, 7) is 3.70. The van der Waals surface area contributed by atoms with Crippen molar-refractivity contribution >= 4 is 5.78 Å². The maximum absolute atomic E-state index is 11.3. The largest absolute Gasteiger partial charge is 0.497 e. The summed E-state index contributed by atoms with van der Waals surface area (Å²) in [5.74, 6) is 0.939. The number of aryl methyl sites for hydroxylation is 1. The molecule has 0 atom stereocenters. The van der Waals surface area contributed by atoms with E-state index in [1.54, 1.807) is 14.0 Å². The predicted molar refractivity (Wildman–Crippen MR) is 57.0 cm³/mol. The molecule has 0 fully saturated rings. The molecule has 0 spiro atoms. The van der Waals surface area contributed by atoms with E-state index in [0.29, 0.717) is 0 Å². The van der Waals surface area contributed by atoms with Crippen LogP contribution in [0.5, 0.6) is 5.75 Å². The van der Waals surface area contributed by atoms with Gasteiger partial charge in [0.05, 0.1) is 7.11 Å². The smallest absolute Gasteiger partial charge is 0.160 e. The Balaban J connectivity index is 3.10. The lowest BCUT2D eigenvalue weighted by Crippen LogP contribution is -2.00. The van der Waals surface area contributed by atoms with Crippen molar-refractivity contribution in [3.63, 3.8) is 0 Å². The average Bonchev–Trinajstić information content (AvgIpc) is 2.17. The van der Waals surface area contributed by atoms with E-state index in [0.717, 1.165) is 29.7 Å². The summed E-state index contributed by atoms with van der Waals surface area (Å²) in [5.41, 5.74) is 1.90. The second-order valence-electron chi connectivity index (χ2n) is 3.33. The lowest BCUT2D eigenvalue weighted by Gasteiger charge is -2.08. The maximum atomic E-state index is 11.3. The fourth-order valence-electron chi connectivity index (χ4n) is 1.52. The zero-order valence-electron chi connectivity index (χ0n) is 8.96. The molecular formula is C12H16O2. The van der Waals surface area contributed by atoms with Gasteiger partial charge in [0.1, 0.15) is 5.75 Å². The zero-order valence-corrected chi connectivity index (χ0v) is 8.96. The first-order chi connectivity index (χ1) is 6.69. The molecule has 0 aliphatic heterocycles. The molecule has 1 rings (SSSR count). The molecule has 0 radical (unpaired) electrons. The van der Waals surface area contributed by atoms with Crippen molar-refractivity contribution in [3.05, 3.63) is 29.3 Å². The van der Waals surface area contributed by atoms with Crippen LogP contribution in [0.2, 0.25) is 0 Å². The van der Waals surface area contributed by atoms with Gasteiger partial charge in [0.2, 0.25) is 0 Å². The lowest BCUT2D eigenvalue weighted by atomic mass is 10.0. The average molecular weight is 192 g/mol. The molecule has 0 amide bonds. The molecule has 0 bridgehead atoms. The topological polar surface area (TPSA) is 26.3 Å². The molecule has 76 valence electrons. The Morgan fingerprint density at radius 3 is 2.64 bits per heavy atom. The van der Waals surface area contributed by atoms with Gasteiger partial charge in [-0.1, -0.05) is 13.3 Å². The van der Waals surface area contributed by atoms with E-state index >= 15 is 0 Å². The van der Waals surface area contributed by atoms with Crippen molar-refractivity contribution < 1.29 is 9.53 Å². The van der Waals surface area contributed by atoms with Gasteiger partial charge in [-0.2, -0.15) is 0 Å². The molecule has 0 aliphatic rings. The van der Waals surface area contributed by atoms with Crippen molar-refractivity contribution in [3.8, 4) is 5.75 Å². The van der Waals surface area contributed by atoms with Crippen LogP contribution in [0.15, 0.2) is 18.2 Å². The molecule has 0 heterocycles. The first-order valence-electron chi connectivity index (χ1n) is 4.87. The van der Waals surface area contributed by atoms with Crippen LogP contribution in [0.4, 0.5) is 0 Å². The number of methoxy groups -OCH3 is 1. The van der Waals surface area contributed by atoms with Crippen molar-refractivity contribution in [2.24, 2.45) is 0 Å². The van der Waals surface area contributed by atoms with Crippen LogP contribution in [0.1, 0.15) is 36.2 Å². The number of benzene rings is 1. The lowest BCUT2D eigenvalue weighted by molar-refractivity contribution is 0.101. The highest BCUT2D eigenvalue weighted by Crippen LogP contribution is 2.19. The standard InChI is InChI=1S/C12H16O2/c1-4-5-10-8-11(14-3)6-7-12(10)9(2)13/h6-8H,4-5H2,1-3H3. The number of rotatable bonds is 4. The summed E-state index contributed by atoms with van der Waals surface area (Å²) < 4.78 is 5.12. The van der Waals surface area contributed by atoms with E-state index in [-0.39, 0.29) is 5.78 Å². The third-order valence-corrected chi connectivity index (χ3v) is 2.21. The summed E-state index contributed by atoms with van der Waals surface area (Å²) in [6.07, 6.45) is 1.96. The number of ketones is 1.